The molecule has 11 aliphatic rings. The van der Waals surface area contributed by atoms with Gasteiger partial charge in [-0.3, -0.25) is 0 Å². The van der Waals surface area contributed by atoms with E-state index in [0.29, 0.717) is 17.8 Å². The fourth-order valence-electron chi connectivity index (χ4n) is 27.1. The molecule has 0 amide bonds. The van der Waals surface area contributed by atoms with E-state index in [9.17, 15) is 4.42 Å². The van der Waals surface area contributed by atoms with Crippen molar-refractivity contribution in [2.45, 2.75) is 553 Å². The van der Waals surface area contributed by atoms with E-state index < -0.39 is 31.6 Å². The Bertz CT molecular complexity index is 3660. The fourth-order valence-corrected chi connectivity index (χ4v) is 37.8. The first-order chi connectivity index (χ1) is 58.6. The minimum Gasteiger partial charge on any atom is -0.464 e. The number of furan rings is 1. The molecule has 5 atom stereocenters. The van der Waals surface area contributed by atoms with Crippen molar-refractivity contribution in [2.24, 2.45) is 17.3 Å². The van der Waals surface area contributed by atoms with Crippen molar-refractivity contribution >= 4 is 38.3 Å². The third kappa shape index (κ3) is 22.1. The van der Waals surface area contributed by atoms with Gasteiger partial charge in [0.1, 0.15) is 11.5 Å². The third-order valence-corrected chi connectivity index (χ3v) is 41.9. The summed E-state index contributed by atoms with van der Waals surface area (Å²) in [6, 6.07) is 0. The average molecular weight is 1670 g/mol. The van der Waals surface area contributed by atoms with E-state index in [1.807, 2.05) is 37.3 Å². The smallest absolute Gasteiger partial charge is 0.125 e. The van der Waals surface area contributed by atoms with Crippen LogP contribution in [-0.2, 0) is 10.3 Å². The molecule has 664 valence electrons. The SMILES string of the molecule is CC1=C(C)C(C)c2c(C3(P(C4=CCCCCCCCCCC4)C4=CCCCCCCCCCC4)C(C4=CCCCCCCCC4)=C(C4CCCCCCCCCCC4)C(c4sc(C)c5c4C(C)C(C)=C5C)(P(C4=CCCCCCCCC4)C4=CCCCCCCCC4)C3(C3=CCCCCCC3)C3CCCCCCCCCCCCC3)oc(C)c21. The van der Waals surface area contributed by atoms with Crippen LogP contribution in [0.15, 0.2) is 95.6 Å². The molecule has 0 radical (unpaired) electrons. The molecule has 0 saturated heterocycles. The highest BCUT2D eigenvalue weighted by Crippen LogP contribution is 2.96. The molecule has 0 spiro atoms. The van der Waals surface area contributed by atoms with Crippen LogP contribution in [0.4, 0.5) is 0 Å². The highest BCUT2D eigenvalue weighted by atomic mass is 32.1. The maximum Gasteiger partial charge on any atom is 0.125 e. The molecule has 4 heteroatoms. The number of fused-ring (bicyclic) bond motifs is 2. The Morgan fingerprint density at radius 1 is 0.311 bits per heavy atom. The quantitative estimate of drug-likeness (QED) is 0.152. The van der Waals surface area contributed by atoms with Crippen LogP contribution in [0, 0.1) is 31.1 Å². The standard InChI is InChI=1S/C115H182OP2S/c1-89-91(3)105-95(7)116-111(107(105)93(89)5)114(117(101-81-65-49-32-19-13-20-33-50-66-82-101)102-83-67-51-34-21-14-22-35-52-68-84-102)109(97-73-57-43-28-23-29-44-58-74-97)110(98-75-59-41-26-15-12-16-27-42-60-76-98)115(112-108-94(6)90(2)92(4)106(108)96(8)119-112,118(103-85-69-53-36-24-37-54-70-86-103)104-87-71-55-38-25-39-56-72-88-104)113(114,100-79-63-47-40-48-64-80-100)99-77-61-45-30-17-10-9-11-18-31-46-62-78-99/h73,79,81,83,85,87,93-94,98-99H,9-72,74-78,80,82,84,86,88H2,1-8H3. The molecule has 2 aromatic heterocycles. The van der Waals surface area contributed by atoms with Gasteiger partial charge in [0.05, 0.1) is 10.3 Å². The van der Waals surface area contributed by atoms with Crippen LogP contribution in [0.1, 0.15) is 572 Å². The van der Waals surface area contributed by atoms with E-state index in [2.05, 4.69) is 120 Å². The van der Waals surface area contributed by atoms with Gasteiger partial charge in [0.25, 0.3) is 0 Å². The Morgan fingerprint density at radius 3 is 1.03 bits per heavy atom. The van der Waals surface area contributed by atoms with Crippen LogP contribution >= 0.6 is 27.2 Å². The maximum absolute atomic E-state index is 9.53. The first-order valence-corrected chi connectivity index (χ1v) is 57.2. The van der Waals surface area contributed by atoms with E-state index in [-0.39, 0.29) is 5.92 Å². The normalized spacial score (nSPS) is 29.4. The second kappa shape index (κ2) is 49.2. The zero-order chi connectivity index (χ0) is 82.5. The van der Waals surface area contributed by atoms with Gasteiger partial charge in [-0.15, -0.1) is 11.3 Å². The monoisotopic (exact) mass is 1670 g/mol. The van der Waals surface area contributed by atoms with Crippen LogP contribution in [0.3, 0.4) is 0 Å². The summed E-state index contributed by atoms with van der Waals surface area (Å²) in [6.45, 7) is 21.7. The molecular weight excluding hydrogens is 1490 g/mol. The van der Waals surface area contributed by atoms with Crippen molar-refractivity contribution in [1.82, 2.24) is 0 Å². The van der Waals surface area contributed by atoms with Gasteiger partial charge in [-0.05, 0) is 309 Å². The molecule has 2 heterocycles. The number of rotatable bonds is 12. The summed E-state index contributed by atoms with van der Waals surface area (Å²) in [5, 5.41) is 7.16. The highest BCUT2D eigenvalue weighted by Gasteiger charge is 2.82. The molecule has 2 fully saturated rings. The number of hydrogen-bond donors (Lipinski definition) is 0. The second-order valence-electron chi connectivity index (χ2n) is 41.8. The van der Waals surface area contributed by atoms with Gasteiger partial charge in [-0.1, -0.05) is 362 Å². The molecule has 0 bridgehead atoms. The highest BCUT2D eigenvalue weighted by molar-refractivity contribution is 7.69. The van der Waals surface area contributed by atoms with Crippen molar-refractivity contribution in [3.05, 3.63) is 135 Å². The van der Waals surface area contributed by atoms with Crippen molar-refractivity contribution in [3.63, 3.8) is 0 Å². The Morgan fingerprint density at radius 2 is 0.622 bits per heavy atom. The van der Waals surface area contributed by atoms with Gasteiger partial charge in [0.2, 0.25) is 0 Å². The van der Waals surface area contributed by atoms with Crippen molar-refractivity contribution in [3.8, 4) is 0 Å². The van der Waals surface area contributed by atoms with E-state index in [1.165, 1.54) is 481 Å². The fraction of sp³-hybridized carbons (Fsp3) is 0.774. The second-order valence-corrected chi connectivity index (χ2v) is 48.0. The molecule has 0 aromatic carbocycles. The molecule has 13 rings (SSSR count). The van der Waals surface area contributed by atoms with Crippen LogP contribution in [0.25, 0.3) is 11.1 Å². The summed E-state index contributed by atoms with van der Waals surface area (Å²) >= 11 is 2.56. The molecule has 2 aromatic rings. The van der Waals surface area contributed by atoms with Crippen LogP contribution in [0.2, 0.25) is 0 Å². The first kappa shape index (κ1) is 94.1. The van der Waals surface area contributed by atoms with E-state index in [1.54, 1.807) is 49.6 Å². The van der Waals surface area contributed by atoms with Crippen LogP contribution in [-0.4, -0.2) is 0 Å². The predicted octanol–water partition coefficient (Wildman–Crippen LogP) is 40.7. The molecule has 119 heavy (non-hydrogen) atoms. The topological polar surface area (TPSA) is 13.1 Å². The summed E-state index contributed by atoms with van der Waals surface area (Å²) < 4.78 is 9.53. The number of thiophene rings is 1. The number of aryl methyl sites for hydroxylation is 2. The summed E-state index contributed by atoms with van der Waals surface area (Å²) in [6.07, 6.45) is 121. The Balaban J connectivity index is 1.43. The molecule has 11 aliphatic carbocycles. The van der Waals surface area contributed by atoms with E-state index in [0.717, 1.165) is 0 Å². The summed E-state index contributed by atoms with van der Waals surface area (Å²) in [5.41, 5.74) is 21.4. The van der Waals surface area contributed by atoms with Crippen LogP contribution in [0.5, 0.6) is 0 Å². The van der Waals surface area contributed by atoms with E-state index in [4.69, 9.17) is 0 Å². The zero-order valence-electron chi connectivity index (χ0n) is 79.3. The lowest BCUT2D eigenvalue weighted by Gasteiger charge is -2.66. The molecule has 0 N–H and O–H groups in total. The maximum atomic E-state index is 9.53. The van der Waals surface area contributed by atoms with Crippen LogP contribution < -0.4 is 0 Å². The van der Waals surface area contributed by atoms with Gasteiger partial charge in [-0.2, -0.15) is 0 Å². The Kier molecular flexibility index (Phi) is 38.9. The number of hydrogen-bond acceptors (Lipinski definition) is 2. The first-order valence-electron chi connectivity index (χ1n) is 53.7. The predicted molar refractivity (Wildman–Crippen MR) is 530 cm³/mol. The van der Waals surface area contributed by atoms with Gasteiger partial charge in [0.15, 0.2) is 0 Å². The lowest BCUT2D eigenvalue weighted by Crippen LogP contribution is -2.59. The summed E-state index contributed by atoms with van der Waals surface area (Å²) in [4.78, 5) is 3.70. The largest absolute Gasteiger partial charge is 0.464 e. The molecular formula is C115H182OP2S. The Hall–Kier alpha value is -2.50. The van der Waals surface area contributed by atoms with Gasteiger partial charge >= 0.3 is 0 Å². The van der Waals surface area contributed by atoms with Gasteiger partial charge < -0.3 is 4.42 Å². The van der Waals surface area contributed by atoms with Crippen molar-refractivity contribution in [1.29, 1.82) is 0 Å². The minimum absolute atomic E-state index is 0.278. The molecule has 1 nitrogen and oxygen atoms in total. The summed E-state index contributed by atoms with van der Waals surface area (Å²) in [5.74, 6) is 4.45. The third-order valence-electron chi connectivity index (χ3n) is 33.7. The molecule has 2 saturated carbocycles. The molecule has 0 aliphatic heterocycles. The van der Waals surface area contributed by atoms with Crippen molar-refractivity contribution < 1.29 is 4.42 Å². The Labute approximate surface area is 742 Å². The van der Waals surface area contributed by atoms with Crippen molar-refractivity contribution in [2.75, 3.05) is 0 Å². The lowest BCUT2D eigenvalue weighted by atomic mass is 9.51. The van der Waals surface area contributed by atoms with Gasteiger partial charge in [-0.25, -0.2) is 0 Å². The minimum atomic E-state index is -1.23. The average Bonchev–Trinajstić information content (AvgIpc) is 1.45. The van der Waals surface area contributed by atoms with Gasteiger partial charge in [0, 0.05) is 38.1 Å². The number of allylic oxidation sites excluding steroid dienone is 18. The molecule has 5 unspecified atom stereocenters. The van der Waals surface area contributed by atoms with E-state index >= 15 is 0 Å². The lowest BCUT2D eigenvalue weighted by molar-refractivity contribution is 0.0878. The summed E-state index contributed by atoms with van der Waals surface area (Å²) in [7, 11) is -2.37. The zero-order valence-corrected chi connectivity index (χ0v) is 81.9.